The zero-order chi connectivity index (χ0) is 13.0. The SMILES string of the molecule is CCCNC(c1ccc(Cl)c(Cl)c1)C1CCOC1. The lowest BCUT2D eigenvalue weighted by Gasteiger charge is -2.24. The fourth-order valence-corrected chi connectivity index (χ4v) is 2.68. The van der Waals surface area contributed by atoms with Gasteiger partial charge in [0.2, 0.25) is 0 Å². The lowest BCUT2D eigenvalue weighted by molar-refractivity contribution is 0.176. The van der Waals surface area contributed by atoms with Crippen LogP contribution < -0.4 is 5.32 Å². The van der Waals surface area contributed by atoms with Gasteiger partial charge < -0.3 is 10.1 Å². The number of hydrogen-bond donors (Lipinski definition) is 1. The summed E-state index contributed by atoms with van der Waals surface area (Å²) in [6, 6.07) is 6.20. The van der Waals surface area contributed by atoms with Crippen LogP contribution in [0, 0.1) is 5.92 Å². The van der Waals surface area contributed by atoms with Gasteiger partial charge in [0.1, 0.15) is 0 Å². The average Bonchev–Trinajstić information content (AvgIpc) is 2.88. The van der Waals surface area contributed by atoms with Gasteiger partial charge in [0.15, 0.2) is 0 Å². The number of halogens is 2. The Hall–Kier alpha value is -0.280. The molecule has 1 saturated heterocycles. The van der Waals surface area contributed by atoms with Crippen molar-refractivity contribution in [3.05, 3.63) is 33.8 Å². The summed E-state index contributed by atoms with van der Waals surface area (Å²) in [4.78, 5) is 0. The van der Waals surface area contributed by atoms with Crippen LogP contribution in [0.5, 0.6) is 0 Å². The van der Waals surface area contributed by atoms with Gasteiger partial charge in [0, 0.05) is 18.6 Å². The van der Waals surface area contributed by atoms with Gasteiger partial charge in [-0.05, 0) is 37.1 Å². The number of nitrogens with one attached hydrogen (secondary N) is 1. The summed E-state index contributed by atoms with van der Waals surface area (Å²) in [6.45, 7) is 4.85. The molecule has 1 aromatic carbocycles. The quantitative estimate of drug-likeness (QED) is 0.881. The molecule has 1 fully saturated rings. The highest BCUT2D eigenvalue weighted by Crippen LogP contribution is 2.32. The third kappa shape index (κ3) is 3.39. The van der Waals surface area contributed by atoms with Crippen molar-refractivity contribution in [3.63, 3.8) is 0 Å². The van der Waals surface area contributed by atoms with Crippen molar-refractivity contribution in [2.45, 2.75) is 25.8 Å². The van der Waals surface area contributed by atoms with Crippen LogP contribution in [0.1, 0.15) is 31.4 Å². The van der Waals surface area contributed by atoms with Gasteiger partial charge in [-0.15, -0.1) is 0 Å². The first-order chi connectivity index (χ1) is 8.72. The molecule has 0 amide bonds. The van der Waals surface area contributed by atoms with E-state index in [1.165, 1.54) is 5.56 Å². The third-order valence-corrected chi connectivity index (χ3v) is 4.09. The Kier molecular flexibility index (Phi) is 5.31. The monoisotopic (exact) mass is 287 g/mol. The summed E-state index contributed by atoms with van der Waals surface area (Å²) < 4.78 is 5.49. The van der Waals surface area contributed by atoms with Crippen LogP contribution in [0.3, 0.4) is 0 Å². The van der Waals surface area contributed by atoms with Crippen molar-refractivity contribution < 1.29 is 4.74 Å². The van der Waals surface area contributed by atoms with Gasteiger partial charge in [-0.1, -0.05) is 36.2 Å². The molecular formula is C14H19Cl2NO. The van der Waals surface area contributed by atoms with Crippen molar-refractivity contribution in [2.75, 3.05) is 19.8 Å². The van der Waals surface area contributed by atoms with E-state index in [0.29, 0.717) is 22.0 Å². The van der Waals surface area contributed by atoms with Crippen LogP contribution in [-0.4, -0.2) is 19.8 Å². The van der Waals surface area contributed by atoms with Gasteiger partial charge in [0.05, 0.1) is 16.7 Å². The van der Waals surface area contributed by atoms with Crippen molar-refractivity contribution in [1.29, 1.82) is 0 Å². The molecule has 0 saturated carbocycles. The zero-order valence-corrected chi connectivity index (χ0v) is 12.1. The van der Waals surface area contributed by atoms with E-state index < -0.39 is 0 Å². The molecule has 2 unspecified atom stereocenters. The fourth-order valence-electron chi connectivity index (χ4n) is 2.38. The molecule has 1 aromatic rings. The van der Waals surface area contributed by atoms with Crippen LogP contribution in [0.15, 0.2) is 18.2 Å². The van der Waals surface area contributed by atoms with Crippen LogP contribution in [0.25, 0.3) is 0 Å². The molecule has 1 heterocycles. The summed E-state index contributed by atoms with van der Waals surface area (Å²) in [5.74, 6) is 0.522. The van der Waals surface area contributed by atoms with E-state index in [2.05, 4.69) is 18.3 Å². The van der Waals surface area contributed by atoms with Crippen LogP contribution >= 0.6 is 23.2 Å². The van der Waals surface area contributed by atoms with Crippen molar-refractivity contribution in [1.82, 2.24) is 5.32 Å². The maximum Gasteiger partial charge on any atom is 0.0595 e. The van der Waals surface area contributed by atoms with Crippen molar-refractivity contribution >= 4 is 23.2 Å². The average molecular weight is 288 g/mol. The predicted octanol–water partition coefficient (Wildman–Crippen LogP) is 4.07. The molecule has 0 aromatic heterocycles. The molecule has 2 nitrogen and oxygen atoms in total. The minimum atomic E-state index is 0.308. The molecule has 0 spiro atoms. The molecule has 0 radical (unpaired) electrons. The third-order valence-electron chi connectivity index (χ3n) is 3.35. The summed E-state index contributed by atoms with van der Waals surface area (Å²) >= 11 is 12.1. The molecule has 100 valence electrons. The van der Waals surface area contributed by atoms with E-state index in [-0.39, 0.29) is 0 Å². The van der Waals surface area contributed by atoms with E-state index in [9.17, 15) is 0 Å². The summed E-state index contributed by atoms with van der Waals surface area (Å²) in [5, 5.41) is 4.82. The zero-order valence-electron chi connectivity index (χ0n) is 10.6. The van der Waals surface area contributed by atoms with Crippen molar-refractivity contribution in [2.24, 2.45) is 5.92 Å². The first-order valence-corrected chi connectivity index (χ1v) is 7.24. The van der Waals surface area contributed by atoms with Gasteiger partial charge in [-0.25, -0.2) is 0 Å². The molecule has 2 atom stereocenters. The standard InChI is InChI=1S/C14H19Cl2NO/c1-2-6-17-14(11-5-7-18-9-11)10-3-4-12(15)13(16)8-10/h3-4,8,11,14,17H,2,5-7,9H2,1H3. The molecule has 1 aliphatic rings. The predicted molar refractivity (Wildman–Crippen MR) is 76.4 cm³/mol. The molecule has 0 aliphatic carbocycles. The van der Waals surface area contributed by atoms with E-state index in [4.69, 9.17) is 27.9 Å². The first-order valence-electron chi connectivity index (χ1n) is 6.48. The van der Waals surface area contributed by atoms with Crippen molar-refractivity contribution in [3.8, 4) is 0 Å². The topological polar surface area (TPSA) is 21.3 Å². The van der Waals surface area contributed by atoms with E-state index >= 15 is 0 Å². The molecule has 4 heteroatoms. The summed E-state index contributed by atoms with van der Waals surface area (Å²) in [6.07, 6.45) is 2.22. The van der Waals surface area contributed by atoms with E-state index in [1.54, 1.807) is 0 Å². The minimum Gasteiger partial charge on any atom is -0.381 e. The fraction of sp³-hybridized carbons (Fsp3) is 0.571. The van der Waals surface area contributed by atoms with E-state index in [1.807, 2.05) is 12.1 Å². The molecule has 0 bridgehead atoms. The molecule has 2 rings (SSSR count). The summed E-state index contributed by atoms with van der Waals surface area (Å²) in [7, 11) is 0. The Bertz CT molecular complexity index is 391. The lowest BCUT2D eigenvalue weighted by Crippen LogP contribution is -2.29. The Morgan fingerprint density at radius 1 is 1.39 bits per heavy atom. The Balaban J connectivity index is 2.17. The second kappa shape index (κ2) is 6.76. The highest BCUT2D eigenvalue weighted by molar-refractivity contribution is 6.42. The second-order valence-electron chi connectivity index (χ2n) is 4.73. The molecule has 1 aliphatic heterocycles. The van der Waals surface area contributed by atoms with Crippen LogP contribution in [0.2, 0.25) is 10.0 Å². The maximum atomic E-state index is 6.11. The number of ether oxygens (including phenoxy) is 1. The number of hydrogen-bond acceptors (Lipinski definition) is 2. The number of benzene rings is 1. The van der Waals surface area contributed by atoms with Crippen LogP contribution in [-0.2, 0) is 4.74 Å². The van der Waals surface area contributed by atoms with Gasteiger partial charge in [-0.2, -0.15) is 0 Å². The van der Waals surface area contributed by atoms with Gasteiger partial charge >= 0.3 is 0 Å². The smallest absolute Gasteiger partial charge is 0.0595 e. The molecule has 18 heavy (non-hydrogen) atoms. The van der Waals surface area contributed by atoms with Crippen LogP contribution in [0.4, 0.5) is 0 Å². The normalized spacial score (nSPS) is 21.2. The second-order valence-corrected chi connectivity index (χ2v) is 5.54. The highest BCUT2D eigenvalue weighted by atomic mass is 35.5. The first kappa shape index (κ1) is 14.1. The Morgan fingerprint density at radius 3 is 2.83 bits per heavy atom. The Labute approximate surface area is 119 Å². The number of rotatable bonds is 5. The highest BCUT2D eigenvalue weighted by Gasteiger charge is 2.26. The lowest BCUT2D eigenvalue weighted by atomic mass is 9.92. The molecule has 1 N–H and O–H groups in total. The van der Waals surface area contributed by atoms with Gasteiger partial charge in [-0.3, -0.25) is 0 Å². The maximum absolute atomic E-state index is 6.11. The largest absolute Gasteiger partial charge is 0.381 e. The Morgan fingerprint density at radius 2 is 2.22 bits per heavy atom. The minimum absolute atomic E-state index is 0.308. The van der Waals surface area contributed by atoms with E-state index in [0.717, 1.165) is 32.6 Å². The van der Waals surface area contributed by atoms with Gasteiger partial charge in [0.25, 0.3) is 0 Å². The summed E-state index contributed by atoms with van der Waals surface area (Å²) in [5.41, 5.74) is 1.20. The molecular weight excluding hydrogens is 269 g/mol.